The van der Waals surface area contributed by atoms with Gasteiger partial charge in [0.25, 0.3) is 0 Å². The van der Waals surface area contributed by atoms with Gasteiger partial charge in [0.05, 0.1) is 0 Å². The third-order valence-electron chi connectivity index (χ3n) is 16.1. The summed E-state index contributed by atoms with van der Waals surface area (Å²) in [5, 5.41) is 0.738. The fourth-order valence-electron chi connectivity index (χ4n) is 12.1. The van der Waals surface area contributed by atoms with Crippen LogP contribution in [0.3, 0.4) is 0 Å². The molecule has 0 aliphatic heterocycles. The number of terminal acetylenes is 1. The highest BCUT2D eigenvalue weighted by Crippen LogP contribution is 2.58. The zero-order valence-corrected chi connectivity index (χ0v) is 42.0. The van der Waals surface area contributed by atoms with Gasteiger partial charge in [-0.1, -0.05) is 104 Å². The molecule has 10 rings (SSSR count). The molecule has 0 bridgehead atoms. The Labute approximate surface area is 500 Å². The summed E-state index contributed by atoms with van der Waals surface area (Å²) < 4.78 is 0. The first-order valence-corrected chi connectivity index (χ1v) is 23.4. The molecule has 0 heterocycles. The number of fused-ring (bicyclic) bond motifs is 13. The van der Waals surface area contributed by atoms with Crippen LogP contribution < -0.4 is 147 Å². The van der Waals surface area contributed by atoms with Crippen molar-refractivity contribution in [1.82, 2.24) is 0 Å². The van der Waals surface area contributed by atoms with Crippen molar-refractivity contribution in [2.45, 2.75) is 11.8 Å². The third kappa shape index (κ3) is 7.19. The summed E-state index contributed by atoms with van der Waals surface area (Å²) >= 11 is 0. The zero-order chi connectivity index (χ0) is 58.5. The van der Waals surface area contributed by atoms with E-state index in [1.807, 2.05) is 0 Å². The topological polar surface area (TPSA) is 0 Å². The van der Waals surface area contributed by atoms with Gasteiger partial charge in [-0.15, -0.1) is 66.5 Å². The summed E-state index contributed by atoms with van der Waals surface area (Å²) in [6.45, 7) is 0. The van der Waals surface area contributed by atoms with Crippen LogP contribution in [-0.4, -0.2) is 228 Å². The Hall–Kier alpha value is -4.54. The molecule has 1 spiro atoms. The largest absolute Gasteiger partial charge is 0.115 e. The minimum absolute atomic E-state index is 0.0325. The maximum Gasteiger partial charge on any atom is 0.115 e. The maximum atomic E-state index is 7.29. The van der Waals surface area contributed by atoms with E-state index in [4.69, 9.17) is 234 Å². The lowest BCUT2D eigenvalue weighted by atomic mass is 9.55. The van der Waals surface area contributed by atoms with Gasteiger partial charge in [0, 0.05) is 11.0 Å². The van der Waals surface area contributed by atoms with Crippen molar-refractivity contribution >= 4 is 419 Å². The van der Waals surface area contributed by atoms with Gasteiger partial charge < -0.3 is 0 Å². The van der Waals surface area contributed by atoms with E-state index in [1.54, 1.807) is 0 Å². The first-order valence-electron chi connectivity index (χ1n) is 23.4. The summed E-state index contributed by atoms with van der Waals surface area (Å²) in [7, 11) is 197. The first kappa shape index (κ1) is 57.7. The highest BCUT2D eigenvalue weighted by molar-refractivity contribution is 6.77. The minimum atomic E-state index is -1.70. The second kappa shape index (κ2) is 19.3. The Morgan fingerprint density at radius 3 is 0.899 bits per heavy atom. The van der Waals surface area contributed by atoms with E-state index in [0.717, 1.165) is 0 Å². The van der Waals surface area contributed by atoms with Crippen LogP contribution >= 0.6 is 0 Å². The number of hydrogen-bond acceptors (Lipinski definition) is 0. The van der Waals surface area contributed by atoms with E-state index >= 15 is 0 Å². The highest BCUT2D eigenvalue weighted by atomic mass is 14.5. The molecule has 0 saturated heterocycles. The Balaban J connectivity index is 1.33. The van der Waals surface area contributed by atoms with Crippen molar-refractivity contribution < 1.29 is 0 Å². The molecular weight excluding hydrogens is 914 g/mol. The summed E-state index contributed by atoms with van der Waals surface area (Å²) in [5.41, 5.74) is -4.87. The monoisotopic (exact) mass is 922 g/mol. The molecule has 8 aromatic carbocycles. The Morgan fingerprint density at radius 1 is 0.278 bits per heavy atom. The summed E-state index contributed by atoms with van der Waals surface area (Å²) in [6.07, 6.45) is 6.14. The fraction of sp³-hybridized carbons (Fsp3) is 0.0400. The van der Waals surface area contributed by atoms with Gasteiger partial charge in [0.1, 0.15) is 228 Å². The molecule has 0 N–H and O–H groups in total. The molecule has 0 unspecified atom stereocenters. The molecule has 79 heavy (non-hydrogen) atoms. The summed E-state index contributed by atoms with van der Waals surface area (Å²) in [5.74, 6) is 2.57. The molecule has 0 aromatic heterocycles. The van der Waals surface area contributed by atoms with E-state index in [1.165, 1.54) is 0 Å². The van der Waals surface area contributed by atoms with E-state index < -0.39 is 5.41 Å². The van der Waals surface area contributed by atoms with Gasteiger partial charge in [-0.05, 0) is 94.4 Å². The standard InChI is InChI=1S/C50H3B29/c1-2-4(21(51)22(52)5-3-50(18-6(5)25(55)40(70)47(77)36(18)66)19-14(32(62)45(75)48(78)37(19)67)15-20(50)38(68)49(79)46(76)33(15)63)7-23(53)16(35(65)39(69)26(7)56)17-24(54)8-9(27(57)34(17)64)11-13(31(61)44(74)42(72)29(11)59)12-10(8)28(58)41(71)43(73)30(12)60/h1H,3H2/b21-4-,22-5-. The number of benzene rings is 8. The predicted molar refractivity (Wildman–Crippen MR) is 367 cm³/mol. The van der Waals surface area contributed by atoms with Crippen molar-refractivity contribution in [2.75, 3.05) is 0 Å². The van der Waals surface area contributed by atoms with Crippen LogP contribution in [0.25, 0.3) is 65.7 Å². The predicted octanol–water partition coefficient (Wildman–Crippen LogP) is -20.9. The smallest absolute Gasteiger partial charge is 0.115 e. The first-order chi connectivity index (χ1) is 36.8. The van der Waals surface area contributed by atoms with Gasteiger partial charge in [-0.3, -0.25) is 0 Å². The average molecular weight is 917 g/mol. The lowest BCUT2D eigenvalue weighted by Crippen LogP contribution is -2.55. The zero-order valence-electron chi connectivity index (χ0n) is 42.0. The highest BCUT2D eigenvalue weighted by Gasteiger charge is 2.54. The van der Waals surface area contributed by atoms with E-state index in [0.29, 0.717) is 0 Å². The Bertz CT molecular complexity index is 4330. The number of rotatable bonds is 3. The molecule has 2 aliphatic carbocycles. The second-order valence-electron chi connectivity index (χ2n) is 19.7. The molecule has 0 nitrogen and oxygen atoms in total. The molecule has 0 amide bonds. The number of allylic oxidation sites excluding steroid dienone is 4. The van der Waals surface area contributed by atoms with Crippen LogP contribution in [0.2, 0.25) is 0 Å². The van der Waals surface area contributed by atoms with Crippen molar-refractivity contribution in [3.8, 4) is 34.6 Å². The summed E-state index contributed by atoms with van der Waals surface area (Å²) in [4.78, 5) is 0. The minimum Gasteiger partial charge on any atom is -0.115 e. The van der Waals surface area contributed by atoms with Gasteiger partial charge in [0.2, 0.25) is 0 Å². The molecule has 58 radical (unpaired) electrons. The molecule has 0 saturated carbocycles. The van der Waals surface area contributed by atoms with Crippen molar-refractivity contribution in [2.24, 2.45) is 0 Å². The van der Waals surface area contributed by atoms with E-state index in [2.05, 4.69) is 5.92 Å². The molecule has 8 aromatic rings. The van der Waals surface area contributed by atoms with Gasteiger partial charge >= 0.3 is 0 Å². The van der Waals surface area contributed by atoms with Crippen molar-refractivity contribution in [3.63, 3.8) is 0 Å². The van der Waals surface area contributed by atoms with Crippen molar-refractivity contribution in [1.29, 1.82) is 0 Å². The van der Waals surface area contributed by atoms with Crippen molar-refractivity contribution in [3.05, 3.63) is 38.8 Å². The lowest BCUT2D eigenvalue weighted by Gasteiger charge is -2.36. The molecule has 0 fully saturated rings. The van der Waals surface area contributed by atoms with Gasteiger partial charge in [-0.25, -0.2) is 0 Å². The van der Waals surface area contributed by atoms with Gasteiger partial charge in [-0.2, -0.15) is 0 Å². The molecule has 2 aliphatic rings. The van der Waals surface area contributed by atoms with Crippen LogP contribution in [0.1, 0.15) is 34.2 Å². The average Bonchev–Trinajstić information content (AvgIpc) is 3.55. The van der Waals surface area contributed by atoms with Crippen LogP contribution in [0.4, 0.5) is 0 Å². The Morgan fingerprint density at radius 2 is 0.532 bits per heavy atom. The molecule has 290 valence electrons. The number of hydrogen-bond donors (Lipinski definition) is 0. The SMILES string of the molecule is [B]C(/C([B])=C1\CC2(c3c([B])c([B])c([B])c([B])c31)c1c([B])c([B])c([B])c([B])c1-c1c([B])c([B])c([B])c([B])c12)=C(/C#C)c1c([B])c([B])c([B])c(-c2c([B])c([B])c3c4c([B])c([B])c([B])c([B])c4c4c([B])c([B])c([B])c([B])c4c3c2[B])c1[B]. The van der Waals surface area contributed by atoms with Crippen LogP contribution in [-0.2, 0) is 5.41 Å². The Kier molecular flexibility index (Phi) is 14.1. The molecule has 0 atom stereocenters. The molecule has 29 heteroatoms. The van der Waals surface area contributed by atoms with Crippen LogP contribution in [0, 0.1) is 12.3 Å². The lowest BCUT2D eigenvalue weighted by molar-refractivity contribution is 0.695. The summed E-state index contributed by atoms with van der Waals surface area (Å²) in [6, 6.07) is 0. The van der Waals surface area contributed by atoms with Crippen LogP contribution in [0.5, 0.6) is 0 Å². The third-order valence-corrected chi connectivity index (χ3v) is 16.1. The van der Waals surface area contributed by atoms with Gasteiger partial charge in [0.15, 0.2) is 0 Å². The molecular formula is C50H3B29. The van der Waals surface area contributed by atoms with E-state index in [-0.39, 0.29) is 258 Å². The van der Waals surface area contributed by atoms with Crippen LogP contribution in [0.15, 0.2) is 10.9 Å². The second-order valence-corrected chi connectivity index (χ2v) is 19.7. The maximum absolute atomic E-state index is 7.29. The normalized spacial score (nSPS) is 14.2. The quantitative estimate of drug-likeness (QED) is 0.0941. The fourth-order valence-corrected chi connectivity index (χ4v) is 12.1. The van der Waals surface area contributed by atoms with E-state index in [9.17, 15) is 0 Å².